The third kappa shape index (κ3) is 5.07. The molecule has 4 fully saturated rings. The van der Waals surface area contributed by atoms with E-state index in [0.717, 1.165) is 37.5 Å². The lowest BCUT2D eigenvalue weighted by Crippen LogP contribution is -2.54. The van der Waals surface area contributed by atoms with E-state index in [9.17, 15) is 14.4 Å². The Hall–Kier alpha value is -1.23. The summed E-state index contributed by atoms with van der Waals surface area (Å²) < 4.78 is 6.00. The number of hydrogen-bond acceptors (Lipinski definition) is 5. The second kappa shape index (κ2) is 10.5. The summed E-state index contributed by atoms with van der Waals surface area (Å²) in [4.78, 5) is 37.7. The molecule has 4 saturated carbocycles. The molecule has 5 nitrogen and oxygen atoms in total. The summed E-state index contributed by atoms with van der Waals surface area (Å²) in [5.74, 6) is 3.08. The van der Waals surface area contributed by atoms with Crippen LogP contribution in [0.15, 0.2) is 0 Å². The largest absolute Gasteiger partial charge is 0.462 e. The van der Waals surface area contributed by atoms with Gasteiger partial charge in [0.05, 0.1) is 12.0 Å². The minimum Gasteiger partial charge on any atom is -0.462 e. The van der Waals surface area contributed by atoms with Crippen molar-refractivity contribution >= 4 is 17.5 Å². The highest BCUT2D eigenvalue weighted by Crippen LogP contribution is 2.67. The summed E-state index contributed by atoms with van der Waals surface area (Å²) >= 11 is 0. The molecule has 0 unspecified atom stereocenters. The first-order valence-corrected chi connectivity index (χ1v) is 14.9. The number of rotatable bonds is 8. The Morgan fingerprint density at radius 3 is 2.25 bits per heavy atom. The first kappa shape index (κ1) is 27.8. The molecule has 4 rings (SSSR count). The number of Topliss-reactive ketones (excluding diaryl/α,β-unsaturated/α-hetero) is 2. The standard InChI is InChI=1S/C31H51NO4/c1-18(2)15-27(32)28(34)16-19(3)29(35)36-22-11-13-30(5)21(17-22)7-8-23-25-10-9-24(20(4)33)31(25,6)14-12-26(23)30/h18-19,21-27H,7-17,32H2,1-6H3/t19-,21+,22-,23+,24-,25+,26+,27+,30+,31-/m1/s1. The van der Waals surface area contributed by atoms with E-state index in [4.69, 9.17) is 10.5 Å². The molecule has 0 aromatic heterocycles. The molecule has 0 amide bonds. The van der Waals surface area contributed by atoms with Crippen molar-refractivity contribution in [2.75, 3.05) is 0 Å². The van der Waals surface area contributed by atoms with E-state index < -0.39 is 12.0 Å². The lowest BCUT2D eigenvalue weighted by Gasteiger charge is -2.61. The summed E-state index contributed by atoms with van der Waals surface area (Å²) in [5.41, 5.74) is 6.55. The van der Waals surface area contributed by atoms with Crippen LogP contribution in [0.4, 0.5) is 0 Å². The molecule has 2 N–H and O–H groups in total. The molecule has 0 heterocycles. The molecule has 4 aliphatic carbocycles. The third-order valence-corrected chi connectivity index (χ3v) is 11.4. The van der Waals surface area contributed by atoms with Crippen molar-refractivity contribution in [1.29, 1.82) is 0 Å². The van der Waals surface area contributed by atoms with Gasteiger partial charge in [0.2, 0.25) is 0 Å². The third-order valence-electron chi connectivity index (χ3n) is 11.4. The van der Waals surface area contributed by atoms with E-state index in [1.54, 1.807) is 6.92 Å². The van der Waals surface area contributed by atoms with Crippen LogP contribution in [0.25, 0.3) is 0 Å². The predicted molar refractivity (Wildman–Crippen MR) is 142 cm³/mol. The molecule has 10 atom stereocenters. The van der Waals surface area contributed by atoms with Crippen LogP contribution in [0.2, 0.25) is 0 Å². The van der Waals surface area contributed by atoms with E-state index in [-0.39, 0.29) is 35.6 Å². The van der Waals surface area contributed by atoms with Gasteiger partial charge in [-0.2, -0.15) is 0 Å². The number of carbonyl (C=O) groups is 3. The number of hydrogen-bond donors (Lipinski definition) is 1. The number of esters is 1. The summed E-state index contributed by atoms with van der Waals surface area (Å²) in [6.07, 6.45) is 11.0. The van der Waals surface area contributed by atoms with Crippen molar-refractivity contribution in [3.63, 3.8) is 0 Å². The van der Waals surface area contributed by atoms with Crippen molar-refractivity contribution in [2.24, 2.45) is 58.0 Å². The lowest BCUT2D eigenvalue weighted by atomic mass is 9.44. The SMILES string of the molecule is CC(=O)[C@H]1CC[C@H]2[C@@H]3CC[C@H]4C[C@H](OC(=O)[C@H](C)CC(=O)[C@@H](N)CC(C)C)CC[C@]4(C)[C@H]3CC[C@]12C. The molecule has 0 saturated heterocycles. The van der Waals surface area contributed by atoms with Crippen LogP contribution >= 0.6 is 0 Å². The molecule has 0 radical (unpaired) electrons. The van der Waals surface area contributed by atoms with Gasteiger partial charge in [0.1, 0.15) is 17.7 Å². The van der Waals surface area contributed by atoms with E-state index in [1.165, 1.54) is 32.1 Å². The highest BCUT2D eigenvalue weighted by molar-refractivity contribution is 5.87. The van der Waals surface area contributed by atoms with Crippen LogP contribution in [0, 0.1) is 52.3 Å². The fourth-order valence-electron chi connectivity index (χ4n) is 9.45. The summed E-state index contributed by atoms with van der Waals surface area (Å²) in [6.45, 7) is 12.6. The van der Waals surface area contributed by atoms with Gasteiger partial charge >= 0.3 is 5.97 Å². The summed E-state index contributed by atoms with van der Waals surface area (Å²) in [6, 6.07) is -0.492. The van der Waals surface area contributed by atoms with Gasteiger partial charge in [-0.15, -0.1) is 0 Å². The molecule has 4 aliphatic rings. The Labute approximate surface area is 219 Å². The van der Waals surface area contributed by atoms with E-state index in [1.807, 2.05) is 6.92 Å². The first-order chi connectivity index (χ1) is 16.9. The molecule has 5 heteroatoms. The molecule has 0 aliphatic heterocycles. The van der Waals surface area contributed by atoms with Gasteiger partial charge in [0.15, 0.2) is 0 Å². The van der Waals surface area contributed by atoms with Crippen molar-refractivity contribution in [1.82, 2.24) is 0 Å². The number of ketones is 2. The van der Waals surface area contributed by atoms with Crippen molar-refractivity contribution < 1.29 is 19.1 Å². The molecule has 204 valence electrons. The lowest BCUT2D eigenvalue weighted by molar-refractivity contribution is -0.167. The molecular weight excluding hydrogens is 450 g/mol. The van der Waals surface area contributed by atoms with Crippen LogP contribution in [-0.2, 0) is 19.1 Å². The minimum absolute atomic E-state index is 0.0311. The van der Waals surface area contributed by atoms with Gasteiger partial charge in [-0.05, 0) is 112 Å². The second-order valence-corrected chi connectivity index (χ2v) is 14.1. The number of fused-ring (bicyclic) bond motifs is 5. The van der Waals surface area contributed by atoms with Crippen molar-refractivity contribution in [3.8, 4) is 0 Å². The van der Waals surface area contributed by atoms with Crippen molar-refractivity contribution in [2.45, 2.75) is 124 Å². The maximum atomic E-state index is 12.9. The highest BCUT2D eigenvalue weighted by atomic mass is 16.5. The fraction of sp³-hybridized carbons (Fsp3) is 0.903. The number of ether oxygens (including phenoxy) is 1. The van der Waals surface area contributed by atoms with Crippen LogP contribution in [-0.4, -0.2) is 29.7 Å². The maximum Gasteiger partial charge on any atom is 0.309 e. The number of carbonyl (C=O) groups excluding carboxylic acids is 3. The zero-order valence-electron chi connectivity index (χ0n) is 23.7. The van der Waals surface area contributed by atoms with Crippen LogP contribution in [0.1, 0.15) is 112 Å². The normalized spacial score (nSPS) is 41.6. The van der Waals surface area contributed by atoms with Crippen LogP contribution in [0.3, 0.4) is 0 Å². The first-order valence-electron chi connectivity index (χ1n) is 14.9. The molecule has 0 bridgehead atoms. The maximum absolute atomic E-state index is 12.9. The Morgan fingerprint density at radius 1 is 0.917 bits per heavy atom. The predicted octanol–water partition coefficient (Wildman–Crippen LogP) is 6.11. The van der Waals surface area contributed by atoms with Crippen molar-refractivity contribution in [3.05, 3.63) is 0 Å². The average Bonchev–Trinajstić information content (AvgIpc) is 3.16. The topological polar surface area (TPSA) is 86.5 Å². The smallest absolute Gasteiger partial charge is 0.309 e. The van der Waals surface area contributed by atoms with Gasteiger partial charge in [-0.3, -0.25) is 14.4 Å². The Bertz CT molecular complexity index is 854. The Kier molecular flexibility index (Phi) is 8.11. The van der Waals surface area contributed by atoms with Gasteiger partial charge in [-0.1, -0.05) is 34.6 Å². The van der Waals surface area contributed by atoms with E-state index >= 15 is 0 Å². The molecule has 0 spiro atoms. The van der Waals surface area contributed by atoms with Crippen LogP contribution < -0.4 is 5.73 Å². The average molecular weight is 502 g/mol. The zero-order chi connectivity index (χ0) is 26.4. The summed E-state index contributed by atoms with van der Waals surface area (Å²) in [5, 5.41) is 0. The van der Waals surface area contributed by atoms with Gasteiger partial charge in [0.25, 0.3) is 0 Å². The van der Waals surface area contributed by atoms with Crippen LogP contribution in [0.5, 0.6) is 0 Å². The second-order valence-electron chi connectivity index (χ2n) is 14.1. The number of nitrogens with two attached hydrogens (primary N) is 1. The van der Waals surface area contributed by atoms with Gasteiger partial charge in [0, 0.05) is 12.3 Å². The molecule has 0 aromatic carbocycles. The Morgan fingerprint density at radius 2 is 1.58 bits per heavy atom. The quantitative estimate of drug-likeness (QED) is 0.405. The highest BCUT2D eigenvalue weighted by Gasteiger charge is 2.61. The fourth-order valence-corrected chi connectivity index (χ4v) is 9.45. The van der Waals surface area contributed by atoms with Gasteiger partial charge in [-0.25, -0.2) is 0 Å². The molecule has 36 heavy (non-hydrogen) atoms. The molecular formula is C31H51NO4. The molecule has 0 aromatic rings. The van der Waals surface area contributed by atoms with E-state index in [0.29, 0.717) is 35.4 Å². The van der Waals surface area contributed by atoms with E-state index in [2.05, 4.69) is 27.7 Å². The zero-order valence-corrected chi connectivity index (χ0v) is 23.7. The minimum atomic E-state index is -0.492. The summed E-state index contributed by atoms with van der Waals surface area (Å²) in [7, 11) is 0. The van der Waals surface area contributed by atoms with Gasteiger partial charge < -0.3 is 10.5 Å². The Balaban J connectivity index is 1.34. The monoisotopic (exact) mass is 501 g/mol.